The van der Waals surface area contributed by atoms with Crippen molar-refractivity contribution in [2.45, 2.75) is 6.42 Å². The first-order valence-corrected chi connectivity index (χ1v) is 6.70. The molecule has 0 aliphatic carbocycles. The molecule has 0 aliphatic heterocycles. The molecule has 0 spiro atoms. The predicted octanol–water partition coefficient (Wildman–Crippen LogP) is -0.213. The quantitative estimate of drug-likeness (QED) is 0.746. The van der Waals surface area contributed by atoms with Gasteiger partial charge < -0.3 is 4.74 Å². The van der Waals surface area contributed by atoms with E-state index in [0.717, 1.165) is 5.65 Å². The van der Waals surface area contributed by atoms with Crippen LogP contribution >= 0.6 is 0 Å². The van der Waals surface area contributed by atoms with Gasteiger partial charge in [-0.2, -0.15) is 0 Å². The van der Waals surface area contributed by atoms with E-state index in [1.807, 2.05) is 0 Å². The van der Waals surface area contributed by atoms with E-state index in [1.165, 1.54) is 0 Å². The Labute approximate surface area is 98.3 Å². The SMILES string of the molecule is NS(=O)(=O)CCCOc1ccc2nccn2n1. The van der Waals surface area contributed by atoms with Gasteiger partial charge in [0.25, 0.3) is 0 Å². The van der Waals surface area contributed by atoms with Crippen LogP contribution in [-0.4, -0.2) is 35.4 Å². The standard InChI is InChI=1S/C9H12N4O3S/c10-17(14,15)7-1-6-16-9-3-2-8-11-4-5-13(8)12-9/h2-5H,1,6-7H2,(H2,10,14,15). The summed E-state index contributed by atoms with van der Waals surface area (Å²) < 4.78 is 28.2. The zero-order valence-electron chi connectivity index (χ0n) is 8.98. The van der Waals surface area contributed by atoms with E-state index >= 15 is 0 Å². The monoisotopic (exact) mass is 256 g/mol. The van der Waals surface area contributed by atoms with Crippen molar-refractivity contribution in [1.29, 1.82) is 0 Å². The van der Waals surface area contributed by atoms with Crippen molar-refractivity contribution in [3.63, 3.8) is 0 Å². The molecule has 2 aromatic heterocycles. The molecular weight excluding hydrogens is 244 g/mol. The van der Waals surface area contributed by atoms with Crippen LogP contribution in [0.25, 0.3) is 5.65 Å². The fourth-order valence-electron chi connectivity index (χ4n) is 1.31. The molecule has 0 bridgehead atoms. The number of hydrogen-bond donors (Lipinski definition) is 1. The number of ether oxygens (including phenoxy) is 1. The van der Waals surface area contributed by atoms with Crippen LogP contribution in [0.4, 0.5) is 0 Å². The number of sulfonamides is 1. The molecule has 0 amide bonds. The summed E-state index contributed by atoms with van der Waals surface area (Å²) in [6.07, 6.45) is 3.67. The first-order valence-electron chi connectivity index (χ1n) is 4.98. The first kappa shape index (κ1) is 11.8. The second-order valence-corrected chi connectivity index (χ2v) is 5.20. The maximum Gasteiger partial charge on any atom is 0.231 e. The molecule has 0 fully saturated rings. The number of imidazole rings is 1. The lowest BCUT2D eigenvalue weighted by molar-refractivity contribution is 0.301. The third-order valence-corrected chi connectivity index (χ3v) is 2.91. The van der Waals surface area contributed by atoms with Crippen LogP contribution in [0, 0.1) is 0 Å². The molecule has 0 radical (unpaired) electrons. The van der Waals surface area contributed by atoms with Gasteiger partial charge in [0.1, 0.15) is 0 Å². The Morgan fingerprint density at radius 3 is 3.00 bits per heavy atom. The number of nitrogens with zero attached hydrogens (tertiary/aromatic N) is 3. The number of fused-ring (bicyclic) bond motifs is 1. The molecule has 0 atom stereocenters. The summed E-state index contributed by atoms with van der Waals surface area (Å²) in [6.45, 7) is 0.254. The fourth-order valence-corrected chi connectivity index (χ4v) is 1.83. The van der Waals surface area contributed by atoms with Crippen molar-refractivity contribution in [1.82, 2.24) is 14.6 Å². The van der Waals surface area contributed by atoms with Gasteiger partial charge in [-0.3, -0.25) is 0 Å². The molecule has 0 aromatic carbocycles. The van der Waals surface area contributed by atoms with Crippen LogP contribution in [-0.2, 0) is 10.0 Å². The Bertz CT molecular complexity index is 607. The number of hydrogen-bond acceptors (Lipinski definition) is 5. The number of primary sulfonamides is 1. The van der Waals surface area contributed by atoms with E-state index in [4.69, 9.17) is 9.88 Å². The lowest BCUT2D eigenvalue weighted by Gasteiger charge is -2.04. The van der Waals surface area contributed by atoms with Crippen LogP contribution in [0.15, 0.2) is 24.5 Å². The number of nitrogens with two attached hydrogens (primary N) is 1. The third-order valence-electron chi connectivity index (χ3n) is 2.05. The molecule has 2 aromatic rings. The van der Waals surface area contributed by atoms with E-state index in [0.29, 0.717) is 12.3 Å². The number of rotatable bonds is 5. The van der Waals surface area contributed by atoms with Crippen LogP contribution in [0.2, 0.25) is 0 Å². The highest BCUT2D eigenvalue weighted by Gasteiger charge is 2.03. The van der Waals surface area contributed by atoms with E-state index in [-0.39, 0.29) is 12.4 Å². The lowest BCUT2D eigenvalue weighted by Crippen LogP contribution is -2.18. The normalized spacial score (nSPS) is 11.8. The molecule has 7 nitrogen and oxygen atoms in total. The van der Waals surface area contributed by atoms with Gasteiger partial charge in [-0.15, -0.1) is 5.10 Å². The van der Waals surface area contributed by atoms with Gasteiger partial charge in [-0.05, 0) is 12.5 Å². The minimum atomic E-state index is -3.42. The molecule has 0 saturated heterocycles. The molecule has 17 heavy (non-hydrogen) atoms. The zero-order chi connectivity index (χ0) is 12.3. The molecule has 92 valence electrons. The van der Waals surface area contributed by atoms with Gasteiger partial charge in [0.2, 0.25) is 15.9 Å². The minimum absolute atomic E-state index is 0.0969. The maximum atomic E-state index is 10.7. The smallest absolute Gasteiger partial charge is 0.231 e. The molecule has 2 rings (SSSR count). The minimum Gasteiger partial charge on any atom is -0.477 e. The van der Waals surface area contributed by atoms with Crippen molar-refractivity contribution in [2.24, 2.45) is 5.14 Å². The van der Waals surface area contributed by atoms with Gasteiger partial charge >= 0.3 is 0 Å². The third kappa shape index (κ3) is 3.40. The van der Waals surface area contributed by atoms with Gasteiger partial charge in [-0.1, -0.05) is 0 Å². The summed E-state index contributed by atoms with van der Waals surface area (Å²) in [7, 11) is -3.42. The largest absolute Gasteiger partial charge is 0.477 e. The second kappa shape index (κ2) is 4.68. The van der Waals surface area contributed by atoms with Crippen molar-refractivity contribution in [3.05, 3.63) is 24.5 Å². The maximum absolute atomic E-state index is 10.7. The molecule has 0 saturated carbocycles. The lowest BCUT2D eigenvalue weighted by atomic mass is 10.5. The Kier molecular flexibility index (Phi) is 3.25. The van der Waals surface area contributed by atoms with E-state index < -0.39 is 10.0 Å². The van der Waals surface area contributed by atoms with Crippen LogP contribution < -0.4 is 9.88 Å². The highest BCUT2D eigenvalue weighted by Crippen LogP contribution is 2.07. The molecular formula is C9H12N4O3S. The highest BCUT2D eigenvalue weighted by atomic mass is 32.2. The molecule has 8 heteroatoms. The summed E-state index contributed by atoms with van der Waals surface area (Å²) in [6, 6.07) is 3.45. The molecule has 2 heterocycles. The van der Waals surface area contributed by atoms with E-state index in [1.54, 1.807) is 29.0 Å². The fraction of sp³-hybridized carbons (Fsp3) is 0.333. The van der Waals surface area contributed by atoms with Crippen molar-refractivity contribution >= 4 is 15.7 Å². The summed E-state index contributed by atoms with van der Waals surface area (Å²) >= 11 is 0. The molecule has 0 unspecified atom stereocenters. The highest BCUT2D eigenvalue weighted by molar-refractivity contribution is 7.89. The summed E-state index contributed by atoms with van der Waals surface area (Å²) in [5.74, 6) is 0.324. The van der Waals surface area contributed by atoms with Crippen molar-refractivity contribution in [3.8, 4) is 5.88 Å². The summed E-state index contributed by atoms with van der Waals surface area (Å²) in [5.41, 5.74) is 0.724. The van der Waals surface area contributed by atoms with Crippen molar-refractivity contribution < 1.29 is 13.2 Å². The Hall–Kier alpha value is -1.67. The Morgan fingerprint density at radius 1 is 1.41 bits per heavy atom. The predicted molar refractivity (Wildman–Crippen MR) is 61.1 cm³/mol. The van der Waals surface area contributed by atoms with Gasteiger partial charge in [0, 0.05) is 18.5 Å². The summed E-state index contributed by atoms with van der Waals surface area (Å²) in [4.78, 5) is 4.04. The van der Waals surface area contributed by atoms with Crippen molar-refractivity contribution in [2.75, 3.05) is 12.4 Å². The Morgan fingerprint density at radius 2 is 2.24 bits per heavy atom. The van der Waals surface area contributed by atoms with E-state index in [2.05, 4.69) is 10.1 Å². The van der Waals surface area contributed by atoms with E-state index in [9.17, 15) is 8.42 Å². The average molecular weight is 256 g/mol. The second-order valence-electron chi connectivity index (χ2n) is 3.47. The Balaban J connectivity index is 1.90. The topological polar surface area (TPSA) is 99.6 Å². The average Bonchev–Trinajstić information content (AvgIpc) is 2.70. The first-order chi connectivity index (χ1) is 8.04. The van der Waals surface area contributed by atoms with Crippen LogP contribution in [0.1, 0.15) is 6.42 Å². The zero-order valence-corrected chi connectivity index (χ0v) is 9.80. The molecule has 2 N–H and O–H groups in total. The number of aromatic nitrogens is 3. The van der Waals surface area contributed by atoms with Crippen LogP contribution in [0.5, 0.6) is 5.88 Å². The summed E-state index contributed by atoms with van der Waals surface area (Å²) in [5, 5.41) is 8.98. The van der Waals surface area contributed by atoms with Gasteiger partial charge in [-0.25, -0.2) is 23.1 Å². The van der Waals surface area contributed by atoms with Crippen LogP contribution in [0.3, 0.4) is 0 Å². The van der Waals surface area contributed by atoms with Gasteiger partial charge in [0.05, 0.1) is 12.4 Å². The van der Waals surface area contributed by atoms with Gasteiger partial charge in [0.15, 0.2) is 5.65 Å². The molecule has 0 aliphatic rings.